The number of sulfonamides is 1. The summed E-state index contributed by atoms with van der Waals surface area (Å²) >= 11 is 0.922. The zero-order valence-electron chi connectivity index (χ0n) is 11.6. The topological polar surface area (TPSA) is 115 Å². The number of hydrogen-bond acceptors (Lipinski definition) is 7. The van der Waals surface area contributed by atoms with Gasteiger partial charge in [-0.1, -0.05) is 0 Å². The van der Waals surface area contributed by atoms with Gasteiger partial charge < -0.3 is 9.15 Å². The predicted molar refractivity (Wildman–Crippen MR) is 76.9 cm³/mol. The summed E-state index contributed by atoms with van der Waals surface area (Å²) in [6.45, 7) is 1.57. The highest BCUT2D eigenvalue weighted by molar-refractivity contribution is 7.89. The number of thiophene rings is 1. The summed E-state index contributed by atoms with van der Waals surface area (Å²) in [5.74, 6) is -1.10. The Morgan fingerprint density at radius 3 is 2.64 bits per heavy atom. The van der Waals surface area contributed by atoms with Crippen LogP contribution in [0.4, 0.5) is 0 Å². The number of hydrazine groups is 1. The van der Waals surface area contributed by atoms with Crippen molar-refractivity contribution in [3.05, 3.63) is 40.0 Å². The van der Waals surface area contributed by atoms with Crippen molar-refractivity contribution >= 4 is 33.2 Å². The molecule has 0 spiro atoms. The molecule has 0 radical (unpaired) electrons. The van der Waals surface area contributed by atoms with Crippen molar-refractivity contribution in [3.8, 4) is 0 Å². The fourth-order valence-electron chi connectivity index (χ4n) is 1.61. The summed E-state index contributed by atoms with van der Waals surface area (Å²) in [6, 6.07) is 2.65. The van der Waals surface area contributed by atoms with Crippen molar-refractivity contribution in [1.82, 2.24) is 10.3 Å². The molecule has 0 saturated carbocycles. The Kier molecular flexibility index (Phi) is 4.64. The zero-order valence-corrected chi connectivity index (χ0v) is 13.2. The molecule has 2 heterocycles. The van der Waals surface area contributed by atoms with E-state index in [1.165, 1.54) is 23.8 Å². The molecule has 8 nitrogen and oxygen atoms in total. The van der Waals surface area contributed by atoms with E-state index in [9.17, 15) is 18.0 Å². The van der Waals surface area contributed by atoms with E-state index >= 15 is 0 Å². The van der Waals surface area contributed by atoms with E-state index < -0.39 is 21.9 Å². The van der Waals surface area contributed by atoms with E-state index in [-0.39, 0.29) is 15.3 Å². The van der Waals surface area contributed by atoms with E-state index in [0.29, 0.717) is 5.76 Å². The van der Waals surface area contributed by atoms with Crippen LogP contribution in [0.25, 0.3) is 0 Å². The number of esters is 1. The average Bonchev–Trinajstić information content (AvgIpc) is 3.13. The Hall–Kier alpha value is -2.17. The van der Waals surface area contributed by atoms with Gasteiger partial charge >= 0.3 is 5.97 Å². The van der Waals surface area contributed by atoms with Crippen LogP contribution in [0.3, 0.4) is 0 Å². The highest BCUT2D eigenvalue weighted by atomic mass is 32.2. The molecule has 118 valence electrons. The van der Waals surface area contributed by atoms with Crippen LogP contribution in [-0.2, 0) is 14.8 Å². The summed E-state index contributed by atoms with van der Waals surface area (Å²) in [4.78, 5) is 24.9. The highest BCUT2D eigenvalue weighted by Crippen LogP contribution is 2.22. The third-order valence-corrected chi connectivity index (χ3v) is 5.01. The molecule has 0 bridgehead atoms. The molecule has 2 aromatic rings. The minimum absolute atomic E-state index is 0.0799. The van der Waals surface area contributed by atoms with Crippen LogP contribution in [0.5, 0.6) is 0 Å². The SMILES string of the molecule is COC(=O)c1sccc1S(=O)(=O)NNC(=O)c1ccoc1C. The lowest BCUT2D eigenvalue weighted by Crippen LogP contribution is -2.41. The van der Waals surface area contributed by atoms with Crippen LogP contribution in [0.15, 0.2) is 33.1 Å². The quantitative estimate of drug-likeness (QED) is 0.619. The minimum atomic E-state index is -4.10. The average molecular weight is 344 g/mol. The molecule has 1 amide bonds. The molecule has 0 saturated heterocycles. The number of amides is 1. The van der Waals surface area contributed by atoms with Gasteiger partial charge in [-0.15, -0.1) is 16.2 Å². The number of ether oxygens (including phenoxy) is 1. The van der Waals surface area contributed by atoms with Crippen molar-refractivity contribution in [2.75, 3.05) is 7.11 Å². The number of carbonyl (C=O) groups excluding carboxylic acids is 2. The van der Waals surface area contributed by atoms with Crippen LogP contribution < -0.4 is 10.3 Å². The molecule has 2 N–H and O–H groups in total. The summed E-state index contributed by atoms with van der Waals surface area (Å²) in [7, 11) is -2.96. The summed E-state index contributed by atoms with van der Waals surface area (Å²) < 4.78 is 33.8. The monoisotopic (exact) mass is 344 g/mol. The van der Waals surface area contributed by atoms with Crippen LogP contribution >= 0.6 is 11.3 Å². The van der Waals surface area contributed by atoms with E-state index in [2.05, 4.69) is 10.2 Å². The van der Waals surface area contributed by atoms with Crippen molar-refractivity contribution in [2.24, 2.45) is 0 Å². The smallest absolute Gasteiger partial charge is 0.349 e. The largest absolute Gasteiger partial charge is 0.469 e. The Labute approximate surface area is 130 Å². The Morgan fingerprint density at radius 2 is 2.05 bits per heavy atom. The van der Waals surface area contributed by atoms with Crippen LogP contribution in [-0.4, -0.2) is 27.4 Å². The Balaban J connectivity index is 2.16. The maximum absolute atomic E-state index is 12.1. The summed E-state index contributed by atoms with van der Waals surface area (Å²) in [5, 5.41) is 1.43. The number of carbonyl (C=O) groups is 2. The standard InChI is InChI=1S/C12H12N2O6S2/c1-7-8(3-5-20-7)11(15)13-14-22(17,18)9-4-6-21-10(9)12(16)19-2/h3-6,14H,1-2H3,(H,13,15). The van der Waals surface area contributed by atoms with E-state index in [4.69, 9.17) is 4.42 Å². The maximum atomic E-state index is 12.1. The number of methoxy groups -OCH3 is 1. The normalized spacial score (nSPS) is 11.2. The second-order valence-corrected chi connectivity index (χ2v) is 6.62. The number of aryl methyl sites for hydroxylation is 1. The first kappa shape index (κ1) is 16.2. The van der Waals surface area contributed by atoms with Gasteiger partial charge in [0, 0.05) is 0 Å². The lowest BCUT2D eigenvalue weighted by molar-refractivity contribution is 0.0602. The van der Waals surface area contributed by atoms with Crippen LogP contribution in [0, 0.1) is 6.92 Å². The van der Waals surface area contributed by atoms with Gasteiger partial charge in [-0.3, -0.25) is 10.2 Å². The third kappa shape index (κ3) is 3.18. The number of hydrogen-bond donors (Lipinski definition) is 2. The third-order valence-electron chi connectivity index (χ3n) is 2.69. The first-order valence-corrected chi connectivity index (χ1v) is 8.25. The van der Waals surface area contributed by atoms with Gasteiger partial charge in [0.15, 0.2) is 0 Å². The fourth-order valence-corrected chi connectivity index (χ4v) is 3.78. The fraction of sp³-hybridized carbons (Fsp3) is 0.167. The molecule has 2 rings (SSSR count). The van der Waals surface area contributed by atoms with Crippen molar-refractivity contribution < 1.29 is 27.2 Å². The second kappa shape index (κ2) is 6.30. The van der Waals surface area contributed by atoms with Gasteiger partial charge in [-0.25, -0.2) is 13.2 Å². The van der Waals surface area contributed by atoms with Gasteiger partial charge in [-0.05, 0) is 24.4 Å². The van der Waals surface area contributed by atoms with E-state index in [0.717, 1.165) is 18.4 Å². The summed E-state index contributed by atoms with van der Waals surface area (Å²) in [6.07, 6.45) is 1.31. The second-order valence-electron chi connectivity index (χ2n) is 4.06. The first-order chi connectivity index (χ1) is 10.4. The van der Waals surface area contributed by atoms with E-state index in [1.807, 2.05) is 4.83 Å². The zero-order chi connectivity index (χ0) is 16.3. The first-order valence-electron chi connectivity index (χ1n) is 5.89. The van der Waals surface area contributed by atoms with Gasteiger partial charge in [0.1, 0.15) is 15.5 Å². The van der Waals surface area contributed by atoms with Gasteiger partial charge in [0.2, 0.25) is 0 Å². The molecule has 10 heteroatoms. The molecule has 2 aromatic heterocycles. The lowest BCUT2D eigenvalue weighted by Gasteiger charge is -2.08. The number of nitrogens with one attached hydrogen (secondary N) is 2. The predicted octanol–water partition coefficient (Wildman–Crippen LogP) is 1.06. The van der Waals surface area contributed by atoms with Gasteiger partial charge in [0.05, 0.1) is 18.9 Å². The Morgan fingerprint density at radius 1 is 1.32 bits per heavy atom. The minimum Gasteiger partial charge on any atom is -0.469 e. The molecule has 0 atom stereocenters. The molecule has 0 aliphatic heterocycles. The molecule has 0 aliphatic carbocycles. The van der Waals surface area contributed by atoms with Crippen LogP contribution in [0.1, 0.15) is 25.8 Å². The molecular formula is C12H12N2O6S2. The van der Waals surface area contributed by atoms with Crippen molar-refractivity contribution in [3.63, 3.8) is 0 Å². The Bertz CT molecular complexity index is 805. The molecule has 22 heavy (non-hydrogen) atoms. The molecule has 0 aliphatic rings. The van der Waals surface area contributed by atoms with Crippen LogP contribution in [0.2, 0.25) is 0 Å². The number of furan rings is 1. The molecular weight excluding hydrogens is 332 g/mol. The number of rotatable bonds is 5. The maximum Gasteiger partial charge on any atom is 0.349 e. The van der Waals surface area contributed by atoms with Crippen molar-refractivity contribution in [2.45, 2.75) is 11.8 Å². The van der Waals surface area contributed by atoms with Gasteiger partial charge in [-0.2, -0.15) is 0 Å². The van der Waals surface area contributed by atoms with Crippen molar-refractivity contribution in [1.29, 1.82) is 0 Å². The molecule has 0 aromatic carbocycles. The highest BCUT2D eigenvalue weighted by Gasteiger charge is 2.25. The van der Waals surface area contributed by atoms with E-state index in [1.54, 1.807) is 6.92 Å². The van der Waals surface area contributed by atoms with Gasteiger partial charge in [0.25, 0.3) is 15.9 Å². The molecule has 0 unspecified atom stereocenters. The lowest BCUT2D eigenvalue weighted by atomic mass is 10.2. The molecule has 0 fully saturated rings. The summed E-state index contributed by atoms with van der Waals surface area (Å²) in [5.41, 5.74) is 2.25.